The monoisotopic (exact) mass is 503 g/mol. The van der Waals surface area contributed by atoms with Crippen LogP contribution < -0.4 is 16.4 Å². The summed E-state index contributed by atoms with van der Waals surface area (Å²) in [5, 5.41) is 6.96. The van der Waals surface area contributed by atoms with Crippen molar-refractivity contribution in [3.8, 4) is 28.3 Å². The van der Waals surface area contributed by atoms with Crippen LogP contribution in [0.25, 0.3) is 39.5 Å². The van der Waals surface area contributed by atoms with E-state index in [1.165, 1.54) is 5.56 Å². The minimum atomic E-state index is 0.344. The number of imidazole rings is 1. The van der Waals surface area contributed by atoms with Crippen molar-refractivity contribution in [2.75, 3.05) is 18.8 Å². The third-order valence-electron chi connectivity index (χ3n) is 6.41. The summed E-state index contributed by atoms with van der Waals surface area (Å²) in [6.45, 7) is 6.68. The molecule has 0 radical (unpaired) electrons. The van der Waals surface area contributed by atoms with Gasteiger partial charge in [-0.25, -0.2) is 15.0 Å². The molecule has 0 fully saturated rings. The molecule has 0 aliphatic carbocycles. The number of benzene rings is 2. The highest BCUT2D eigenvalue weighted by atomic mass is 15.1. The van der Waals surface area contributed by atoms with E-state index < -0.39 is 0 Å². The standard InChI is InChI=1S/C29H27N7.C2H6/c30-27-24(9-5-17-32-27)28-35-26-15-14-25(21-6-2-1-3-7-21)34-29(26)36(28)23-12-10-20(11-13-23)18-33-22-8-4-16-31-19-22;1-2/h1-15,17,22,31,33H,16,18-19H2,(H2,30,32);1-2H3. The molecule has 0 bridgehead atoms. The van der Waals surface area contributed by atoms with Gasteiger partial charge in [-0.15, -0.1) is 0 Å². The van der Waals surface area contributed by atoms with Crippen LogP contribution in [-0.4, -0.2) is 38.7 Å². The van der Waals surface area contributed by atoms with E-state index in [-0.39, 0.29) is 0 Å². The number of nitrogen functional groups attached to an aromatic ring is 1. The molecule has 38 heavy (non-hydrogen) atoms. The Kier molecular flexibility index (Phi) is 7.87. The van der Waals surface area contributed by atoms with Gasteiger partial charge in [-0.1, -0.05) is 68.5 Å². The minimum Gasteiger partial charge on any atom is -0.383 e. The number of nitrogens with zero attached hydrogens (tertiary/aromatic N) is 4. The third kappa shape index (κ3) is 5.34. The van der Waals surface area contributed by atoms with Crippen molar-refractivity contribution in [3.63, 3.8) is 0 Å². The van der Waals surface area contributed by atoms with Gasteiger partial charge in [0.05, 0.1) is 11.3 Å². The average Bonchev–Trinajstić information content (AvgIpc) is 3.37. The lowest BCUT2D eigenvalue weighted by Crippen LogP contribution is -2.39. The topological polar surface area (TPSA) is 93.7 Å². The SMILES string of the molecule is CC.Nc1ncccc1-c1nc2ccc(-c3ccccc3)nc2n1-c1ccc(CNC2C=CCNC2)cc1. The normalized spacial score (nSPS) is 14.7. The first kappa shape index (κ1) is 25.3. The number of fused-ring (bicyclic) bond motifs is 1. The van der Waals surface area contributed by atoms with Gasteiger partial charge in [-0.3, -0.25) is 4.57 Å². The highest BCUT2D eigenvalue weighted by molar-refractivity contribution is 5.84. The Bertz CT molecular complexity index is 1520. The number of pyridine rings is 2. The number of nitrogens with two attached hydrogens (primary N) is 1. The predicted molar refractivity (Wildman–Crippen MR) is 156 cm³/mol. The van der Waals surface area contributed by atoms with Gasteiger partial charge in [0, 0.05) is 43.1 Å². The van der Waals surface area contributed by atoms with Crippen LogP contribution in [0, 0.1) is 0 Å². The highest BCUT2D eigenvalue weighted by Crippen LogP contribution is 2.31. The van der Waals surface area contributed by atoms with Crippen molar-refractivity contribution < 1.29 is 0 Å². The van der Waals surface area contributed by atoms with Gasteiger partial charge in [0.25, 0.3) is 0 Å². The molecule has 1 atom stereocenters. The van der Waals surface area contributed by atoms with Crippen LogP contribution in [0.15, 0.2) is 97.2 Å². The summed E-state index contributed by atoms with van der Waals surface area (Å²) in [5.74, 6) is 1.16. The van der Waals surface area contributed by atoms with E-state index in [1.54, 1.807) is 6.20 Å². The molecule has 3 aromatic heterocycles. The fraction of sp³-hybridized carbons (Fsp3) is 0.194. The van der Waals surface area contributed by atoms with Gasteiger partial charge in [-0.2, -0.15) is 0 Å². The van der Waals surface area contributed by atoms with E-state index in [1.807, 2.05) is 56.3 Å². The Labute approximate surface area is 223 Å². The fourth-order valence-electron chi connectivity index (χ4n) is 4.53. The molecule has 2 aromatic carbocycles. The molecule has 4 heterocycles. The maximum Gasteiger partial charge on any atom is 0.165 e. The van der Waals surface area contributed by atoms with Crippen LogP contribution in [0.3, 0.4) is 0 Å². The molecule has 5 aromatic rings. The van der Waals surface area contributed by atoms with Crippen molar-refractivity contribution in [2.45, 2.75) is 26.4 Å². The molecule has 0 saturated heterocycles. The Hall–Kier alpha value is -4.33. The Morgan fingerprint density at radius 1 is 0.947 bits per heavy atom. The van der Waals surface area contributed by atoms with Gasteiger partial charge in [0.15, 0.2) is 11.5 Å². The molecular weight excluding hydrogens is 470 g/mol. The average molecular weight is 504 g/mol. The zero-order valence-electron chi connectivity index (χ0n) is 21.8. The molecule has 1 aliphatic rings. The molecule has 6 rings (SSSR count). The van der Waals surface area contributed by atoms with E-state index in [4.69, 9.17) is 15.7 Å². The summed E-state index contributed by atoms with van der Waals surface area (Å²) >= 11 is 0. The molecule has 7 heteroatoms. The van der Waals surface area contributed by atoms with Gasteiger partial charge in [-0.05, 0) is 42.0 Å². The smallest absolute Gasteiger partial charge is 0.165 e. The molecule has 0 amide bonds. The van der Waals surface area contributed by atoms with E-state index in [0.717, 1.165) is 59.1 Å². The number of hydrogen-bond donors (Lipinski definition) is 3. The maximum atomic E-state index is 6.27. The summed E-state index contributed by atoms with van der Waals surface area (Å²) in [6, 6.07) is 26.9. The van der Waals surface area contributed by atoms with E-state index >= 15 is 0 Å². The molecule has 1 unspecified atom stereocenters. The van der Waals surface area contributed by atoms with E-state index in [9.17, 15) is 0 Å². The quantitative estimate of drug-likeness (QED) is 0.270. The van der Waals surface area contributed by atoms with Crippen LogP contribution in [0.1, 0.15) is 19.4 Å². The van der Waals surface area contributed by atoms with Crippen LogP contribution in [-0.2, 0) is 6.54 Å². The third-order valence-corrected chi connectivity index (χ3v) is 6.41. The van der Waals surface area contributed by atoms with Crippen molar-refractivity contribution in [3.05, 3.63) is 103 Å². The second-order valence-electron chi connectivity index (χ2n) is 8.85. The molecule has 192 valence electrons. The number of nitrogens with one attached hydrogen (secondary N) is 2. The van der Waals surface area contributed by atoms with Crippen LogP contribution in [0.2, 0.25) is 0 Å². The molecule has 7 nitrogen and oxygen atoms in total. The summed E-state index contributed by atoms with van der Waals surface area (Å²) in [7, 11) is 0. The van der Waals surface area contributed by atoms with Crippen molar-refractivity contribution in [1.29, 1.82) is 0 Å². The first-order valence-corrected chi connectivity index (χ1v) is 13.1. The number of aromatic nitrogens is 4. The summed E-state index contributed by atoms with van der Waals surface area (Å²) in [6.07, 6.45) is 6.08. The molecule has 0 saturated carbocycles. The fourth-order valence-corrected chi connectivity index (χ4v) is 4.53. The maximum absolute atomic E-state index is 6.27. The zero-order valence-corrected chi connectivity index (χ0v) is 21.8. The zero-order chi connectivity index (χ0) is 26.3. The summed E-state index contributed by atoms with van der Waals surface area (Å²) in [4.78, 5) is 14.3. The summed E-state index contributed by atoms with van der Waals surface area (Å²) in [5.41, 5.74) is 12.8. The number of anilines is 1. The predicted octanol–water partition coefficient (Wildman–Crippen LogP) is 5.38. The first-order chi connectivity index (χ1) is 18.8. The molecular formula is C31H33N7. The number of hydrogen-bond acceptors (Lipinski definition) is 6. The van der Waals surface area contributed by atoms with E-state index in [2.05, 4.69) is 68.7 Å². The Morgan fingerprint density at radius 2 is 1.76 bits per heavy atom. The van der Waals surface area contributed by atoms with Gasteiger partial charge >= 0.3 is 0 Å². The molecule has 0 spiro atoms. The van der Waals surface area contributed by atoms with Crippen LogP contribution in [0.5, 0.6) is 0 Å². The van der Waals surface area contributed by atoms with Gasteiger partial charge in [0.2, 0.25) is 0 Å². The Balaban J connectivity index is 0.00000144. The molecule has 4 N–H and O–H groups in total. The minimum absolute atomic E-state index is 0.344. The number of rotatable bonds is 6. The largest absolute Gasteiger partial charge is 0.383 e. The lowest BCUT2D eigenvalue weighted by atomic mass is 10.1. The van der Waals surface area contributed by atoms with Crippen molar-refractivity contribution >= 4 is 17.0 Å². The van der Waals surface area contributed by atoms with Crippen LogP contribution >= 0.6 is 0 Å². The van der Waals surface area contributed by atoms with Gasteiger partial charge < -0.3 is 16.4 Å². The first-order valence-electron chi connectivity index (χ1n) is 13.1. The lowest BCUT2D eigenvalue weighted by molar-refractivity contribution is 0.535. The van der Waals surface area contributed by atoms with Crippen molar-refractivity contribution in [2.24, 2.45) is 0 Å². The second-order valence-corrected chi connectivity index (χ2v) is 8.85. The van der Waals surface area contributed by atoms with Crippen molar-refractivity contribution in [1.82, 2.24) is 30.2 Å². The van der Waals surface area contributed by atoms with Gasteiger partial charge in [0.1, 0.15) is 11.3 Å². The highest BCUT2D eigenvalue weighted by Gasteiger charge is 2.18. The van der Waals surface area contributed by atoms with Crippen LogP contribution in [0.4, 0.5) is 5.82 Å². The lowest BCUT2D eigenvalue weighted by Gasteiger charge is -2.19. The Morgan fingerprint density at radius 3 is 2.50 bits per heavy atom. The summed E-state index contributed by atoms with van der Waals surface area (Å²) < 4.78 is 2.07. The second kappa shape index (κ2) is 11.8. The molecule has 1 aliphatic heterocycles. The van der Waals surface area contributed by atoms with E-state index in [0.29, 0.717) is 11.9 Å².